The summed E-state index contributed by atoms with van der Waals surface area (Å²) in [5, 5.41) is 2.99. The van der Waals surface area contributed by atoms with Crippen LogP contribution in [0.15, 0.2) is 36.5 Å². The average molecular weight is 293 g/mol. The Labute approximate surface area is 117 Å². The minimum absolute atomic E-state index is 0.0205. The van der Waals surface area contributed by atoms with Gasteiger partial charge in [-0.3, -0.25) is 0 Å². The number of imidazole rings is 1. The van der Waals surface area contributed by atoms with E-state index in [0.717, 1.165) is 11.8 Å². The predicted octanol–water partition coefficient (Wildman–Crippen LogP) is 2.98. The van der Waals surface area contributed by atoms with E-state index in [1.165, 1.54) is 0 Å². The molecule has 0 radical (unpaired) electrons. The highest BCUT2D eigenvalue weighted by Gasteiger charge is 2.35. The number of alkyl halides is 3. The molecule has 0 aliphatic heterocycles. The molecule has 108 valence electrons. The minimum Gasteiger partial charge on any atom is -0.352 e. The largest absolute Gasteiger partial charge is 0.451 e. The Kier molecular flexibility index (Phi) is 3.20. The van der Waals surface area contributed by atoms with Gasteiger partial charge in [-0.25, -0.2) is 9.97 Å². The number of rotatable bonds is 3. The van der Waals surface area contributed by atoms with Crippen LogP contribution in [0.4, 0.5) is 19.1 Å². The van der Waals surface area contributed by atoms with E-state index in [0.29, 0.717) is 18.0 Å². The SMILES string of the molecule is FC(F)(F)c1ncc2[nH]c(NCc3ccccc3)nc2n1. The molecule has 0 fully saturated rings. The van der Waals surface area contributed by atoms with Crippen molar-refractivity contribution in [1.29, 1.82) is 0 Å². The quantitative estimate of drug-likeness (QED) is 0.779. The lowest BCUT2D eigenvalue weighted by atomic mass is 10.2. The van der Waals surface area contributed by atoms with Crippen molar-refractivity contribution in [3.63, 3.8) is 0 Å². The van der Waals surface area contributed by atoms with Crippen LogP contribution in [-0.2, 0) is 12.7 Å². The van der Waals surface area contributed by atoms with Crippen molar-refractivity contribution in [3.05, 3.63) is 47.9 Å². The van der Waals surface area contributed by atoms with Gasteiger partial charge in [0.2, 0.25) is 11.8 Å². The minimum atomic E-state index is -4.58. The lowest BCUT2D eigenvalue weighted by Crippen LogP contribution is -2.10. The van der Waals surface area contributed by atoms with Crippen molar-refractivity contribution in [3.8, 4) is 0 Å². The normalized spacial score (nSPS) is 11.8. The Balaban J connectivity index is 1.81. The lowest BCUT2D eigenvalue weighted by Gasteiger charge is -2.02. The highest BCUT2D eigenvalue weighted by atomic mass is 19.4. The van der Waals surface area contributed by atoms with Crippen molar-refractivity contribution in [2.24, 2.45) is 0 Å². The van der Waals surface area contributed by atoms with Gasteiger partial charge in [-0.1, -0.05) is 30.3 Å². The second-order valence-corrected chi connectivity index (χ2v) is 4.35. The molecule has 21 heavy (non-hydrogen) atoms. The van der Waals surface area contributed by atoms with Crippen LogP contribution in [0.25, 0.3) is 11.2 Å². The van der Waals surface area contributed by atoms with Crippen LogP contribution < -0.4 is 5.32 Å². The number of nitrogens with one attached hydrogen (secondary N) is 2. The molecule has 0 aliphatic rings. The Bertz CT molecular complexity index is 751. The topological polar surface area (TPSA) is 66.5 Å². The molecule has 2 N–H and O–H groups in total. The molecule has 0 saturated heterocycles. The number of fused-ring (bicyclic) bond motifs is 1. The van der Waals surface area contributed by atoms with Gasteiger partial charge >= 0.3 is 6.18 Å². The standard InChI is InChI=1S/C13H10F3N5/c14-13(15,16)11-17-7-9-10(20-11)21-12(19-9)18-6-8-4-2-1-3-5-8/h1-5,7H,6H2,(H2,17,18,19,20,21). The molecule has 2 heterocycles. The van der Waals surface area contributed by atoms with Crippen molar-refractivity contribution in [2.75, 3.05) is 5.32 Å². The molecule has 0 saturated carbocycles. The first-order valence-corrected chi connectivity index (χ1v) is 6.10. The summed E-state index contributed by atoms with van der Waals surface area (Å²) in [7, 11) is 0. The third-order valence-corrected chi connectivity index (χ3v) is 2.80. The molecule has 8 heteroatoms. The molecule has 0 unspecified atom stereocenters. The monoisotopic (exact) mass is 293 g/mol. The van der Waals surface area contributed by atoms with Gasteiger partial charge in [0.1, 0.15) is 5.52 Å². The van der Waals surface area contributed by atoms with Crippen LogP contribution in [0, 0.1) is 0 Å². The highest BCUT2D eigenvalue weighted by Crippen LogP contribution is 2.26. The molecule has 3 rings (SSSR count). The van der Waals surface area contributed by atoms with Gasteiger partial charge in [0, 0.05) is 6.54 Å². The molecule has 0 spiro atoms. The maximum atomic E-state index is 12.5. The highest BCUT2D eigenvalue weighted by molar-refractivity contribution is 5.72. The fourth-order valence-corrected chi connectivity index (χ4v) is 1.81. The lowest BCUT2D eigenvalue weighted by molar-refractivity contribution is -0.144. The Hall–Kier alpha value is -2.64. The van der Waals surface area contributed by atoms with Crippen LogP contribution in [0.5, 0.6) is 0 Å². The summed E-state index contributed by atoms with van der Waals surface area (Å²) in [6.07, 6.45) is -3.50. The number of aromatic amines is 1. The van der Waals surface area contributed by atoms with E-state index in [4.69, 9.17) is 0 Å². The number of benzene rings is 1. The van der Waals surface area contributed by atoms with E-state index in [-0.39, 0.29) is 5.65 Å². The van der Waals surface area contributed by atoms with Crippen LogP contribution >= 0.6 is 0 Å². The predicted molar refractivity (Wildman–Crippen MR) is 70.5 cm³/mol. The molecular weight excluding hydrogens is 283 g/mol. The molecule has 3 aromatic rings. The van der Waals surface area contributed by atoms with Crippen LogP contribution in [-0.4, -0.2) is 19.9 Å². The first kappa shape index (κ1) is 13.3. The molecule has 0 bridgehead atoms. The van der Waals surface area contributed by atoms with E-state index in [2.05, 4.69) is 25.3 Å². The summed E-state index contributed by atoms with van der Waals surface area (Å²) in [6, 6.07) is 9.56. The first-order valence-electron chi connectivity index (χ1n) is 6.10. The zero-order valence-electron chi connectivity index (χ0n) is 10.6. The zero-order valence-corrected chi connectivity index (χ0v) is 10.6. The zero-order chi connectivity index (χ0) is 14.9. The summed E-state index contributed by atoms with van der Waals surface area (Å²) < 4.78 is 37.5. The second kappa shape index (κ2) is 5.04. The summed E-state index contributed by atoms with van der Waals surface area (Å²) in [5.41, 5.74) is 1.35. The molecule has 5 nitrogen and oxygen atoms in total. The van der Waals surface area contributed by atoms with Gasteiger partial charge in [0.25, 0.3) is 0 Å². The third-order valence-electron chi connectivity index (χ3n) is 2.80. The molecular formula is C13H10F3N5. The van der Waals surface area contributed by atoms with Gasteiger partial charge in [-0.2, -0.15) is 18.2 Å². The fourth-order valence-electron chi connectivity index (χ4n) is 1.81. The van der Waals surface area contributed by atoms with E-state index in [9.17, 15) is 13.2 Å². The van der Waals surface area contributed by atoms with E-state index in [1.807, 2.05) is 30.3 Å². The fraction of sp³-hybridized carbons (Fsp3) is 0.154. The smallest absolute Gasteiger partial charge is 0.352 e. The molecule has 0 atom stereocenters. The van der Waals surface area contributed by atoms with Crippen molar-refractivity contribution >= 4 is 17.1 Å². The van der Waals surface area contributed by atoms with E-state index in [1.54, 1.807) is 0 Å². The average Bonchev–Trinajstić information content (AvgIpc) is 2.87. The summed E-state index contributed by atoms with van der Waals surface area (Å²) in [5.74, 6) is -0.849. The maximum absolute atomic E-state index is 12.5. The molecule has 2 aromatic heterocycles. The Morgan fingerprint density at radius 1 is 1.10 bits per heavy atom. The van der Waals surface area contributed by atoms with Crippen LogP contribution in [0.3, 0.4) is 0 Å². The molecule has 0 aliphatic carbocycles. The van der Waals surface area contributed by atoms with Gasteiger partial charge < -0.3 is 10.3 Å². The number of halogens is 3. The van der Waals surface area contributed by atoms with E-state index >= 15 is 0 Å². The summed E-state index contributed by atoms with van der Waals surface area (Å²) in [4.78, 5) is 13.5. The van der Waals surface area contributed by atoms with Crippen molar-refractivity contribution < 1.29 is 13.2 Å². The summed E-state index contributed by atoms with van der Waals surface area (Å²) >= 11 is 0. The maximum Gasteiger partial charge on any atom is 0.451 e. The van der Waals surface area contributed by atoms with E-state index < -0.39 is 12.0 Å². The number of hydrogen-bond donors (Lipinski definition) is 2. The number of hydrogen-bond acceptors (Lipinski definition) is 4. The number of anilines is 1. The van der Waals surface area contributed by atoms with Gasteiger partial charge in [-0.05, 0) is 5.56 Å². The van der Waals surface area contributed by atoms with Crippen molar-refractivity contribution in [2.45, 2.75) is 12.7 Å². The third kappa shape index (κ3) is 2.93. The Morgan fingerprint density at radius 2 is 1.86 bits per heavy atom. The Morgan fingerprint density at radius 3 is 2.57 bits per heavy atom. The first-order chi connectivity index (χ1) is 10.0. The van der Waals surface area contributed by atoms with Gasteiger partial charge in [0.05, 0.1) is 6.20 Å². The van der Waals surface area contributed by atoms with Crippen molar-refractivity contribution in [1.82, 2.24) is 19.9 Å². The molecule has 0 amide bonds. The number of H-pyrrole nitrogens is 1. The van der Waals surface area contributed by atoms with Crippen LogP contribution in [0.2, 0.25) is 0 Å². The summed E-state index contributed by atoms with van der Waals surface area (Å²) in [6.45, 7) is 0.500. The molecule has 1 aromatic carbocycles. The van der Waals surface area contributed by atoms with Gasteiger partial charge in [0.15, 0.2) is 5.65 Å². The second-order valence-electron chi connectivity index (χ2n) is 4.35. The number of nitrogens with zero attached hydrogens (tertiary/aromatic N) is 3. The van der Waals surface area contributed by atoms with Gasteiger partial charge in [-0.15, -0.1) is 0 Å². The van der Waals surface area contributed by atoms with Crippen LogP contribution in [0.1, 0.15) is 11.4 Å². The number of aromatic nitrogens is 4.